The van der Waals surface area contributed by atoms with E-state index in [-0.39, 0.29) is 0 Å². The highest BCUT2D eigenvalue weighted by atomic mass is 35.5. The van der Waals surface area contributed by atoms with Gasteiger partial charge < -0.3 is 0 Å². The molecule has 0 saturated carbocycles. The minimum atomic E-state index is 0.602. The lowest BCUT2D eigenvalue weighted by atomic mass is 10.2. The quantitative estimate of drug-likeness (QED) is 0.766. The van der Waals surface area contributed by atoms with Gasteiger partial charge in [-0.2, -0.15) is 0 Å². The maximum absolute atomic E-state index is 5.95. The van der Waals surface area contributed by atoms with Gasteiger partial charge in [0.15, 0.2) is 0 Å². The predicted octanol–water partition coefficient (Wildman–Crippen LogP) is 2.41. The van der Waals surface area contributed by atoms with Crippen molar-refractivity contribution in [2.24, 2.45) is 0 Å². The van der Waals surface area contributed by atoms with Crippen LogP contribution in [0.4, 0.5) is 0 Å². The standard InChI is InChI=1S/C14H20ClN3/c15-14-9-12(4-5-16-14)10-17-6-2-8-18-7-1-3-13(18)11-17/h4-5,9,13H,1-3,6-8,10-11H2. The molecule has 0 amide bonds. The van der Waals surface area contributed by atoms with Crippen molar-refractivity contribution in [2.75, 3.05) is 26.2 Å². The summed E-state index contributed by atoms with van der Waals surface area (Å²) in [4.78, 5) is 9.28. The second kappa shape index (κ2) is 5.55. The van der Waals surface area contributed by atoms with E-state index in [0.29, 0.717) is 5.15 Å². The Bertz CT molecular complexity index is 410. The van der Waals surface area contributed by atoms with E-state index in [1.165, 1.54) is 51.0 Å². The minimum Gasteiger partial charge on any atom is -0.299 e. The summed E-state index contributed by atoms with van der Waals surface area (Å²) in [7, 11) is 0. The molecule has 2 fully saturated rings. The van der Waals surface area contributed by atoms with Gasteiger partial charge in [0.25, 0.3) is 0 Å². The highest BCUT2D eigenvalue weighted by Crippen LogP contribution is 2.22. The maximum Gasteiger partial charge on any atom is 0.129 e. The van der Waals surface area contributed by atoms with E-state index < -0.39 is 0 Å². The molecule has 0 N–H and O–H groups in total. The molecule has 0 bridgehead atoms. The molecule has 3 rings (SSSR count). The molecule has 0 radical (unpaired) electrons. The summed E-state index contributed by atoms with van der Waals surface area (Å²) in [5, 5.41) is 0.602. The van der Waals surface area contributed by atoms with Crippen molar-refractivity contribution >= 4 is 11.6 Å². The second-order valence-corrected chi connectivity index (χ2v) is 5.79. The van der Waals surface area contributed by atoms with Gasteiger partial charge >= 0.3 is 0 Å². The fourth-order valence-electron chi connectivity index (χ4n) is 3.23. The maximum atomic E-state index is 5.95. The zero-order valence-electron chi connectivity index (χ0n) is 10.7. The van der Waals surface area contributed by atoms with Gasteiger partial charge in [-0.1, -0.05) is 11.6 Å². The van der Waals surface area contributed by atoms with Gasteiger partial charge in [0.2, 0.25) is 0 Å². The first-order chi connectivity index (χ1) is 8.81. The summed E-state index contributed by atoms with van der Waals surface area (Å²) in [6, 6.07) is 4.84. The largest absolute Gasteiger partial charge is 0.299 e. The van der Waals surface area contributed by atoms with Gasteiger partial charge in [0, 0.05) is 25.3 Å². The first-order valence-corrected chi connectivity index (χ1v) is 7.26. The molecular weight excluding hydrogens is 246 g/mol. The van der Waals surface area contributed by atoms with Crippen molar-refractivity contribution < 1.29 is 0 Å². The van der Waals surface area contributed by atoms with Gasteiger partial charge in [0.1, 0.15) is 5.15 Å². The lowest BCUT2D eigenvalue weighted by Gasteiger charge is -2.25. The number of fused-ring (bicyclic) bond motifs is 1. The van der Waals surface area contributed by atoms with Crippen LogP contribution >= 0.6 is 11.6 Å². The van der Waals surface area contributed by atoms with Crippen molar-refractivity contribution in [3.63, 3.8) is 0 Å². The van der Waals surface area contributed by atoms with E-state index in [1.54, 1.807) is 6.20 Å². The molecule has 1 aromatic rings. The van der Waals surface area contributed by atoms with E-state index in [4.69, 9.17) is 11.6 Å². The molecule has 0 spiro atoms. The molecule has 1 atom stereocenters. The molecule has 18 heavy (non-hydrogen) atoms. The van der Waals surface area contributed by atoms with E-state index >= 15 is 0 Å². The average Bonchev–Trinajstić information content (AvgIpc) is 2.69. The van der Waals surface area contributed by atoms with Gasteiger partial charge in [-0.05, 0) is 56.6 Å². The van der Waals surface area contributed by atoms with Crippen LogP contribution in [0, 0.1) is 0 Å². The lowest BCUT2D eigenvalue weighted by molar-refractivity contribution is 0.215. The first-order valence-electron chi connectivity index (χ1n) is 6.88. The van der Waals surface area contributed by atoms with E-state index in [0.717, 1.165) is 12.6 Å². The summed E-state index contributed by atoms with van der Waals surface area (Å²) in [6.45, 7) is 6.00. The Morgan fingerprint density at radius 1 is 1.28 bits per heavy atom. The Kier molecular flexibility index (Phi) is 3.83. The fraction of sp³-hybridized carbons (Fsp3) is 0.643. The highest BCUT2D eigenvalue weighted by molar-refractivity contribution is 6.29. The van der Waals surface area contributed by atoms with Crippen LogP contribution in [-0.4, -0.2) is 47.0 Å². The Morgan fingerprint density at radius 2 is 2.17 bits per heavy atom. The van der Waals surface area contributed by atoms with E-state index in [9.17, 15) is 0 Å². The van der Waals surface area contributed by atoms with Crippen LogP contribution in [0.15, 0.2) is 18.3 Å². The Labute approximate surface area is 114 Å². The van der Waals surface area contributed by atoms with Gasteiger partial charge in [-0.15, -0.1) is 0 Å². The number of aromatic nitrogens is 1. The molecule has 0 aromatic carbocycles. The third kappa shape index (κ3) is 2.85. The molecule has 2 aliphatic heterocycles. The van der Waals surface area contributed by atoms with Crippen molar-refractivity contribution in [2.45, 2.75) is 31.8 Å². The molecule has 2 saturated heterocycles. The summed E-state index contributed by atoms with van der Waals surface area (Å²) < 4.78 is 0. The molecule has 3 heterocycles. The molecule has 1 aromatic heterocycles. The predicted molar refractivity (Wildman–Crippen MR) is 73.7 cm³/mol. The first kappa shape index (κ1) is 12.4. The van der Waals surface area contributed by atoms with Crippen molar-refractivity contribution in [1.29, 1.82) is 0 Å². The summed E-state index contributed by atoms with van der Waals surface area (Å²) in [5.74, 6) is 0. The zero-order chi connectivity index (χ0) is 12.4. The monoisotopic (exact) mass is 265 g/mol. The van der Waals surface area contributed by atoms with Gasteiger partial charge in [0.05, 0.1) is 0 Å². The Morgan fingerprint density at radius 3 is 3.06 bits per heavy atom. The Hall–Kier alpha value is -0.640. The van der Waals surface area contributed by atoms with Crippen LogP contribution in [0.3, 0.4) is 0 Å². The topological polar surface area (TPSA) is 19.4 Å². The third-order valence-corrected chi connectivity index (χ3v) is 4.29. The fourth-order valence-corrected chi connectivity index (χ4v) is 3.42. The molecule has 1 unspecified atom stereocenters. The van der Waals surface area contributed by atoms with Crippen LogP contribution in [0.1, 0.15) is 24.8 Å². The number of hydrogen-bond acceptors (Lipinski definition) is 3. The van der Waals surface area contributed by atoms with Crippen LogP contribution in [0.25, 0.3) is 0 Å². The molecule has 4 heteroatoms. The van der Waals surface area contributed by atoms with Crippen LogP contribution in [0.5, 0.6) is 0 Å². The van der Waals surface area contributed by atoms with Crippen LogP contribution < -0.4 is 0 Å². The number of pyridine rings is 1. The molecule has 98 valence electrons. The molecular formula is C14H20ClN3. The van der Waals surface area contributed by atoms with Crippen LogP contribution in [0.2, 0.25) is 5.15 Å². The lowest BCUT2D eigenvalue weighted by Crippen LogP contribution is -2.36. The minimum absolute atomic E-state index is 0.602. The molecule has 2 aliphatic rings. The number of nitrogens with zero attached hydrogens (tertiary/aromatic N) is 3. The summed E-state index contributed by atoms with van der Waals surface area (Å²) in [5.41, 5.74) is 1.28. The van der Waals surface area contributed by atoms with Crippen molar-refractivity contribution in [3.05, 3.63) is 29.0 Å². The summed E-state index contributed by atoms with van der Waals surface area (Å²) in [6.07, 6.45) is 5.83. The third-order valence-electron chi connectivity index (χ3n) is 4.08. The summed E-state index contributed by atoms with van der Waals surface area (Å²) >= 11 is 5.95. The van der Waals surface area contributed by atoms with Crippen LogP contribution in [-0.2, 0) is 6.54 Å². The number of hydrogen-bond donors (Lipinski definition) is 0. The smallest absolute Gasteiger partial charge is 0.129 e. The van der Waals surface area contributed by atoms with Crippen molar-refractivity contribution in [3.8, 4) is 0 Å². The molecule has 0 aliphatic carbocycles. The second-order valence-electron chi connectivity index (χ2n) is 5.41. The molecule has 3 nitrogen and oxygen atoms in total. The van der Waals surface area contributed by atoms with Gasteiger partial charge in [-0.3, -0.25) is 9.80 Å². The van der Waals surface area contributed by atoms with E-state index in [1.807, 2.05) is 6.07 Å². The number of rotatable bonds is 2. The van der Waals surface area contributed by atoms with Crippen molar-refractivity contribution in [1.82, 2.24) is 14.8 Å². The highest BCUT2D eigenvalue weighted by Gasteiger charge is 2.28. The van der Waals surface area contributed by atoms with E-state index in [2.05, 4.69) is 20.9 Å². The Balaban J connectivity index is 1.65. The number of halogens is 1. The SMILES string of the molecule is Clc1cc(CN2CCCN3CCCC3C2)ccn1. The zero-order valence-corrected chi connectivity index (χ0v) is 11.4. The van der Waals surface area contributed by atoms with Gasteiger partial charge in [-0.25, -0.2) is 4.98 Å². The average molecular weight is 266 g/mol. The normalized spacial score (nSPS) is 25.9.